The first-order chi connectivity index (χ1) is 14.0. The molecule has 6 nitrogen and oxygen atoms in total. The van der Waals surface area contributed by atoms with Gasteiger partial charge >= 0.3 is 6.03 Å². The Morgan fingerprint density at radius 2 is 1.62 bits per heavy atom. The number of fused-ring (bicyclic) bond motifs is 1. The zero-order valence-electron chi connectivity index (χ0n) is 16.3. The molecule has 1 saturated heterocycles. The molecule has 0 spiro atoms. The van der Waals surface area contributed by atoms with E-state index in [0.717, 1.165) is 22.1 Å². The van der Waals surface area contributed by atoms with Crippen LogP contribution in [0.3, 0.4) is 0 Å². The summed E-state index contributed by atoms with van der Waals surface area (Å²) in [6.45, 7) is 2.12. The van der Waals surface area contributed by atoms with Gasteiger partial charge in [-0.1, -0.05) is 42.5 Å². The number of nitrogens with zero attached hydrogens (tertiary/aromatic N) is 1. The van der Waals surface area contributed by atoms with Crippen molar-refractivity contribution in [3.63, 3.8) is 0 Å². The van der Waals surface area contributed by atoms with Gasteiger partial charge in [0.05, 0.1) is 13.7 Å². The van der Waals surface area contributed by atoms with Gasteiger partial charge in [-0.15, -0.1) is 0 Å². The maximum Gasteiger partial charge on any atom is 0.325 e. The van der Waals surface area contributed by atoms with Crippen LogP contribution in [0.1, 0.15) is 12.5 Å². The fourth-order valence-corrected chi connectivity index (χ4v) is 3.67. The van der Waals surface area contributed by atoms with Gasteiger partial charge in [0.25, 0.3) is 5.91 Å². The number of carbonyl (C=O) groups is 2. The molecule has 1 fully saturated rings. The standard InChI is InChI=1S/C23H22N2O4/c1-23(20-9-5-7-16-6-3-4-8-19(16)20)21(26)25(22(27)24-23)14-15-29-18-12-10-17(28-2)11-13-18/h3-13H,14-15H2,1-2H3,(H,24,27)/t23-/m1/s1. The van der Waals surface area contributed by atoms with Gasteiger partial charge in [0.15, 0.2) is 0 Å². The van der Waals surface area contributed by atoms with Gasteiger partial charge < -0.3 is 14.8 Å². The van der Waals surface area contributed by atoms with Crippen LogP contribution in [0.25, 0.3) is 10.8 Å². The van der Waals surface area contributed by atoms with E-state index in [1.807, 2.05) is 42.5 Å². The lowest BCUT2D eigenvalue weighted by Crippen LogP contribution is -2.41. The van der Waals surface area contributed by atoms with Crippen molar-refractivity contribution >= 4 is 22.7 Å². The molecule has 0 radical (unpaired) electrons. The van der Waals surface area contributed by atoms with Crippen molar-refractivity contribution in [3.8, 4) is 11.5 Å². The van der Waals surface area contributed by atoms with Crippen molar-refractivity contribution in [1.29, 1.82) is 0 Å². The molecule has 29 heavy (non-hydrogen) atoms. The molecule has 0 aromatic heterocycles. The van der Waals surface area contributed by atoms with E-state index in [-0.39, 0.29) is 19.1 Å². The highest BCUT2D eigenvalue weighted by atomic mass is 16.5. The first-order valence-corrected chi connectivity index (χ1v) is 9.42. The van der Waals surface area contributed by atoms with Crippen LogP contribution in [0.5, 0.6) is 11.5 Å². The van der Waals surface area contributed by atoms with E-state index in [9.17, 15) is 9.59 Å². The predicted molar refractivity (Wildman–Crippen MR) is 110 cm³/mol. The zero-order chi connectivity index (χ0) is 20.4. The number of carbonyl (C=O) groups excluding carboxylic acids is 2. The Labute approximate surface area is 169 Å². The van der Waals surface area contributed by atoms with Crippen LogP contribution in [0, 0.1) is 0 Å². The molecule has 1 N–H and O–H groups in total. The molecule has 1 aliphatic rings. The maximum absolute atomic E-state index is 13.2. The Morgan fingerprint density at radius 1 is 0.931 bits per heavy atom. The van der Waals surface area contributed by atoms with Crippen LogP contribution in [-0.4, -0.2) is 37.1 Å². The van der Waals surface area contributed by atoms with Gasteiger partial charge in [0, 0.05) is 0 Å². The van der Waals surface area contributed by atoms with E-state index in [1.54, 1.807) is 38.3 Å². The van der Waals surface area contributed by atoms with E-state index in [0.29, 0.717) is 5.75 Å². The third kappa shape index (κ3) is 3.38. The molecule has 1 heterocycles. The number of ether oxygens (including phenoxy) is 2. The second-order valence-corrected chi connectivity index (χ2v) is 7.06. The number of benzene rings is 3. The SMILES string of the molecule is COc1ccc(OCCN2C(=O)N[C@](C)(c3cccc4ccccc34)C2=O)cc1. The topological polar surface area (TPSA) is 67.9 Å². The summed E-state index contributed by atoms with van der Waals surface area (Å²) in [6, 6.07) is 20.3. The van der Waals surface area contributed by atoms with Crippen LogP contribution >= 0.6 is 0 Å². The molecular formula is C23H22N2O4. The van der Waals surface area contributed by atoms with E-state index >= 15 is 0 Å². The van der Waals surface area contributed by atoms with Crippen LogP contribution < -0.4 is 14.8 Å². The van der Waals surface area contributed by atoms with E-state index in [4.69, 9.17) is 9.47 Å². The molecule has 3 amide bonds. The van der Waals surface area contributed by atoms with Gasteiger partial charge in [-0.3, -0.25) is 9.69 Å². The second-order valence-electron chi connectivity index (χ2n) is 7.06. The number of nitrogens with one attached hydrogen (secondary N) is 1. The lowest BCUT2D eigenvalue weighted by Gasteiger charge is -2.24. The summed E-state index contributed by atoms with van der Waals surface area (Å²) < 4.78 is 10.8. The van der Waals surface area contributed by atoms with Crippen molar-refractivity contribution in [2.45, 2.75) is 12.5 Å². The zero-order valence-corrected chi connectivity index (χ0v) is 16.3. The van der Waals surface area contributed by atoms with Gasteiger partial charge in [-0.05, 0) is 47.5 Å². The fraction of sp³-hybridized carbons (Fsp3) is 0.217. The fourth-order valence-electron chi connectivity index (χ4n) is 3.67. The van der Waals surface area contributed by atoms with Crippen LogP contribution in [-0.2, 0) is 10.3 Å². The van der Waals surface area contributed by atoms with Crippen molar-refractivity contribution in [3.05, 3.63) is 72.3 Å². The lowest BCUT2D eigenvalue weighted by atomic mass is 9.88. The number of hydrogen-bond acceptors (Lipinski definition) is 4. The number of amides is 3. The average molecular weight is 390 g/mol. The van der Waals surface area contributed by atoms with Gasteiger partial charge in [-0.2, -0.15) is 0 Å². The van der Waals surface area contributed by atoms with Crippen LogP contribution in [0.4, 0.5) is 4.79 Å². The highest BCUT2D eigenvalue weighted by molar-refractivity contribution is 6.09. The third-order valence-corrected chi connectivity index (χ3v) is 5.25. The van der Waals surface area contributed by atoms with Crippen molar-refractivity contribution in [1.82, 2.24) is 10.2 Å². The molecule has 0 bridgehead atoms. The smallest absolute Gasteiger partial charge is 0.325 e. The molecule has 1 aliphatic heterocycles. The Balaban J connectivity index is 1.50. The Morgan fingerprint density at radius 3 is 2.38 bits per heavy atom. The second kappa shape index (κ2) is 7.47. The minimum Gasteiger partial charge on any atom is -0.497 e. The number of urea groups is 1. The number of rotatable bonds is 6. The minimum absolute atomic E-state index is 0.164. The first kappa shape index (κ1) is 18.8. The molecule has 3 aromatic carbocycles. The van der Waals surface area contributed by atoms with E-state index in [2.05, 4.69) is 5.32 Å². The predicted octanol–water partition coefficient (Wildman–Crippen LogP) is 3.69. The molecule has 6 heteroatoms. The summed E-state index contributed by atoms with van der Waals surface area (Å²) in [4.78, 5) is 26.9. The summed E-state index contributed by atoms with van der Waals surface area (Å²) >= 11 is 0. The largest absolute Gasteiger partial charge is 0.497 e. The molecule has 148 valence electrons. The summed E-state index contributed by atoms with van der Waals surface area (Å²) in [5, 5.41) is 4.84. The van der Waals surface area contributed by atoms with Crippen molar-refractivity contribution in [2.75, 3.05) is 20.3 Å². The van der Waals surface area contributed by atoms with Crippen molar-refractivity contribution in [2.24, 2.45) is 0 Å². The number of methoxy groups -OCH3 is 1. The van der Waals surface area contributed by atoms with Gasteiger partial charge in [0.1, 0.15) is 23.6 Å². The van der Waals surface area contributed by atoms with Gasteiger partial charge in [0.2, 0.25) is 0 Å². The highest BCUT2D eigenvalue weighted by Gasteiger charge is 2.49. The maximum atomic E-state index is 13.2. The lowest BCUT2D eigenvalue weighted by molar-refractivity contribution is -0.131. The minimum atomic E-state index is -1.11. The summed E-state index contributed by atoms with van der Waals surface area (Å²) in [6.07, 6.45) is 0. The Hall–Kier alpha value is -3.54. The summed E-state index contributed by atoms with van der Waals surface area (Å²) in [7, 11) is 1.60. The molecule has 4 rings (SSSR count). The Bertz CT molecular complexity index is 1060. The summed E-state index contributed by atoms with van der Waals surface area (Å²) in [5.74, 6) is 1.10. The number of hydrogen-bond donors (Lipinski definition) is 1. The van der Waals surface area contributed by atoms with E-state index in [1.165, 1.54) is 4.90 Å². The monoisotopic (exact) mass is 390 g/mol. The quantitative estimate of drug-likeness (QED) is 0.652. The number of imide groups is 1. The molecule has 0 aliphatic carbocycles. The molecule has 0 saturated carbocycles. The Kier molecular flexibility index (Phi) is 4.84. The first-order valence-electron chi connectivity index (χ1n) is 9.42. The highest BCUT2D eigenvalue weighted by Crippen LogP contribution is 2.33. The molecule has 1 atom stereocenters. The molecular weight excluding hydrogens is 368 g/mol. The molecule has 0 unspecified atom stereocenters. The van der Waals surface area contributed by atoms with Crippen molar-refractivity contribution < 1.29 is 19.1 Å². The van der Waals surface area contributed by atoms with Gasteiger partial charge in [-0.25, -0.2) is 4.79 Å². The van der Waals surface area contributed by atoms with E-state index < -0.39 is 11.6 Å². The summed E-state index contributed by atoms with van der Waals surface area (Å²) in [5.41, 5.74) is -0.328. The molecule has 3 aromatic rings. The normalized spacial score (nSPS) is 18.8. The van der Waals surface area contributed by atoms with Crippen LogP contribution in [0.2, 0.25) is 0 Å². The average Bonchev–Trinajstić information content (AvgIpc) is 2.97. The third-order valence-electron chi connectivity index (χ3n) is 5.25. The van der Waals surface area contributed by atoms with Crippen LogP contribution in [0.15, 0.2) is 66.7 Å².